The fourth-order valence-corrected chi connectivity index (χ4v) is 2.60. The first-order valence-electron chi connectivity index (χ1n) is 8.03. The number of amides is 1. The van der Waals surface area contributed by atoms with Gasteiger partial charge >= 0.3 is 0 Å². The van der Waals surface area contributed by atoms with E-state index in [1.807, 2.05) is 30.3 Å². The van der Waals surface area contributed by atoms with Gasteiger partial charge in [0.15, 0.2) is 0 Å². The lowest BCUT2D eigenvalue weighted by molar-refractivity contribution is -0.384. The summed E-state index contributed by atoms with van der Waals surface area (Å²) in [6.45, 7) is 4.25. The van der Waals surface area contributed by atoms with Crippen molar-refractivity contribution in [3.8, 4) is 0 Å². The minimum atomic E-state index is -0.447. The first kappa shape index (κ1) is 17.7. The molecule has 1 atom stereocenters. The Kier molecular flexibility index (Phi) is 6.07. The monoisotopic (exact) mass is 326 g/mol. The van der Waals surface area contributed by atoms with Gasteiger partial charge in [0.2, 0.25) is 5.91 Å². The normalized spacial score (nSPS) is 12.0. The second kappa shape index (κ2) is 8.24. The third-order valence-corrected chi connectivity index (χ3v) is 3.76. The molecule has 2 aromatic rings. The minimum Gasteiger partial charge on any atom is -0.349 e. The fraction of sp³-hybridized carbons (Fsp3) is 0.316. The molecule has 0 aliphatic carbocycles. The summed E-state index contributed by atoms with van der Waals surface area (Å²) >= 11 is 0. The molecule has 1 unspecified atom stereocenters. The molecule has 5 heteroatoms. The molecule has 0 saturated carbocycles. The first-order chi connectivity index (χ1) is 11.5. The van der Waals surface area contributed by atoms with Crippen molar-refractivity contribution in [3.63, 3.8) is 0 Å². The predicted octanol–water partition coefficient (Wildman–Crippen LogP) is 4.04. The van der Waals surface area contributed by atoms with Gasteiger partial charge in [-0.2, -0.15) is 0 Å². The quantitative estimate of drug-likeness (QED) is 0.616. The van der Waals surface area contributed by atoms with E-state index in [1.165, 1.54) is 12.1 Å². The van der Waals surface area contributed by atoms with E-state index >= 15 is 0 Å². The van der Waals surface area contributed by atoms with Crippen molar-refractivity contribution >= 4 is 11.6 Å². The molecule has 2 rings (SSSR count). The third kappa shape index (κ3) is 5.19. The van der Waals surface area contributed by atoms with Gasteiger partial charge in [0, 0.05) is 12.1 Å². The molecule has 0 aliphatic rings. The molecular formula is C19H22N2O3. The van der Waals surface area contributed by atoms with Gasteiger partial charge in [-0.05, 0) is 23.5 Å². The highest BCUT2D eigenvalue weighted by molar-refractivity contribution is 5.79. The molecule has 1 amide bonds. The largest absolute Gasteiger partial charge is 0.349 e. The van der Waals surface area contributed by atoms with E-state index < -0.39 is 4.92 Å². The van der Waals surface area contributed by atoms with Gasteiger partial charge in [0.25, 0.3) is 5.69 Å². The summed E-state index contributed by atoms with van der Waals surface area (Å²) in [5.41, 5.74) is 1.87. The van der Waals surface area contributed by atoms with Crippen LogP contribution in [-0.4, -0.2) is 10.8 Å². The summed E-state index contributed by atoms with van der Waals surface area (Å²) in [6.07, 6.45) is 1.06. The van der Waals surface area contributed by atoms with Crippen LogP contribution in [0.5, 0.6) is 0 Å². The maximum absolute atomic E-state index is 12.4. The Morgan fingerprint density at radius 3 is 2.25 bits per heavy atom. The molecule has 1 N–H and O–H groups in total. The zero-order valence-electron chi connectivity index (χ0n) is 13.9. The molecular weight excluding hydrogens is 304 g/mol. The number of hydrogen-bond donors (Lipinski definition) is 1. The number of carbonyl (C=O) groups excluding carboxylic acids is 1. The number of nitrogens with one attached hydrogen (secondary N) is 1. The standard InChI is InChI=1S/C19H22N2O3/c1-14(2)12-18(16-6-4-3-5-7-16)20-19(22)13-15-8-10-17(11-9-15)21(23)24/h3-11,14,18H,12-13H2,1-2H3,(H,20,22). The van der Waals surface area contributed by atoms with Crippen LogP contribution in [0.25, 0.3) is 0 Å². The summed E-state index contributed by atoms with van der Waals surface area (Å²) < 4.78 is 0. The summed E-state index contributed by atoms with van der Waals surface area (Å²) in [6, 6.07) is 16.0. The van der Waals surface area contributed by atoms with Crippen LogP contribution >= 0.6 is 0 Å². The van der Waals surface area contributed by atoms with Gasteiger partial charge in [0.05, 0.1) is 17.4 Å². The average Bonchev–Trinajstić information content (AvgIpc) is 2.55. The van der Waals surface area contributed by atoms with Crippen molar-refractivity contribution in [2.45, 2.75) is 32.7 Å². The Balaban J connectivity index is 2.03. The number of benzene rings is 2. The number of rotatable bonds is 7. The Labute approximate surface area is 141 Å². The van der Waals surface area contributed by atoms with E-state index in [1.54, 1.807) is 12.1 Å². The van der Waals surface area contributed by atoms with Gasteiger partial charge in [-0.3, -0.25) is 14.9 Å². The Morgan fingerprint density at radius 2 is 1.71 bits per heavy atom. The van der Waals surface area contributed by atoms with Gasteiger partial charge in [-0.15, -0.1) is 0 Å². The zero-order valence-corrected chi connectivity index (χ0v) is 13.9. The number of hydrogen-bond acceptors (Lipinski definition) is 3. The van der Waals surface area contributed by atoms with Crippen molar-refractivity contribution in [2.75, 3.05) is 0 Å². The number of nitro groups is 1. The summed E-state index contributed by atoms with van der Waals surface area (Å²) in [5.74, 6) is 0.369. The number of nitrogens with zero attached hydrogens (tertiary/aromatic N) is 1. The Hall–Kier alpha value is -2.69. The molecule has 5 nitrogen and oxygen atoms in total. The summed E-state index contributed by atoms with van der Waals surface area (Å²) in [4.78, 5) is 22.6. The van der Waals surface area contributed by atoms with Crippen molar-refractivity contribution in [1.29, 1.82) is 0 Å². The lowest BCUT2D eigenvalue weighted by Crippen LogP contribution is -2.30. The zero-order chi connectivity index (χ0) is 17.5. The second-order valence-electron chi connectivity index (χ2n) is 6.26. The average molecular weight is 326 g/mol. The minimum absolute atomic E-state index is 0.0288. The molecule has 126 valence electrons. The van der Waals surface area contributed by atoms with Gasteiger partial charge in [0.1, 0.15) is 0 Å². The van der Waals surface area contributed by atoms with Crippen molar-refractivity contribution < 1.29 is 9.72 Å². The fourth-order valence-electron chi connectivity index (χ4n) is 2.60. The van der Waals surface area contributed by atoms with E-state index in [0.29, 0.717) is 5.92 Å². The molecule has 0 fully saturated rings. The molecule has 0 spiro atoms. The Bertz CT molecular complexity index is 682. The highest BCUT2D eigenvalue weighted by Crippen LogP contribution is 2.21. The molecule has 0 radical (unpaired) electrons. The molecule has 0 aliphatic heterocycles. The first-order valence-corrected chi connectivity index (χ1v) is 8.03. The number of nitro benzene ring substituents is 1. The maximum Gasteiger partial charge on any atom is 0.269 e. The number of non-ortho nitro benzene ring substituents is 1. The van der Waals surface area contributed by atoms with E-state index in [2.05, 4.69) is 19.2 Å². The van der Waals surface area contributed by atoms with Crippen LogP contribution in [0.2, 0.25) is 0 Å². The third-order valence-electron chi connectivity index (χ3n) is 3.76. The van der Waals surface area contributed by atoms with E-state index in [-0.39, 0.29) is 24.1 Å². The van der Waals surface area contributed by atoms with Crippen molar-refractivity contribution in [3.05, 3.63) is 75.8 Å². The van der Waals surface area contributed by atoms with Crippen LogP contribution in [0.4, 0.5) is 5.69 Å². The van der Waals surface area contributed by atoms with Gasteiger partial charge < -0.3 is 5.32 Å². The van der Waals surface area contributed by atoms with E-state index in [9.17, 15) is 14.9 Å². The van der Waals surface area contributed by atoms with Crippen LogP contribution in [0.3, 0.4) is 0 Å². The summed E-state index contributed by atoms with van der Waals surface area (Å²) in [7, 11) is 0. The van der Waals surface area contributed by atoms with Crippen molar-refractivity contribution in [1.82, 2.24) is 5.32 Å². The lowest BCUT2D eigenvalue weighted by atomic mass is 9.96. The maximum atomic E-state index is 12.4. The van der Waals surface area contributed by atoms with Crippen molar-refractivity contribution in [2.24, 2.45) is 5.92 Å². The molecule has 24 heavy (non-hydrogen) atoms. The number of carbonyl (C=O) groups is 1. The van der Waals surface area contributed by atoms with Gasteiger partial charge in [-0.25, -0.2) is 0 Å². The highest BCUT2D eigenvalue weighted by Gasteiger charge is 2.16. The molecule has 0 aromatic heterocycles. The van der Waals surface area contributed by atoms with Crippen LogP contribution in [-0.2, 0) is 11.2 Å². The Morgan fingerprint density at radius 1 is 1.08 bits per heavy atom. The van der Waals surface area contributed by atoms with Crippen LogP contribution in [0.15, 0.2) is 54.6 Å². The predicted molar refractivity (Wildman–Crippen MR) is 93.6 cm³/mol. The van der Waals surface area contributed by atoms with Crippen LogP contribution in [0.1, 0.15) is 37.4 Å². The van der Waals surface area contributed by atoms with Gasteiger partial charge in [-0.1, -0.05) is 56.3 Å². The smallest absolute Gasteiger partial charge is 0.269 e. The molecule has 0 heterocycles. The summed E-state index contributed by atoms with van der Waals surface area (Å²) in [5, 5.41) is 13.7. The highest BCUT2D eigenvalue weighted by atomic mass is 16.6. The molecule has 0 bridgehead atoms. The second-order valence-corrected chi connectivity index (χ2v) is 6.26. The van der Waals surface area contributed by atoms with Crippen LogP contribution in [0, 0.1) is 16.0 Å². The molecule has 0 saturated heterocycles. The molecule has 2 aromatic carbocycles. The SMILES string of the molecule is CC(C)CC(NC(=O)Cc1ccc([N+](=O)[O-])cc1)c1ccccc1. The topological polar surface area (TPSA) is 72.2 Å². The van der Waals surface area contributed by atoms with E-state index in [0.717, 1.165) is 17.5 Å². The van der Waals surface area contributed by atoms with E-state index in [4.69, 9.17) is 0 Å². The lowest BCUT2D eigenvalue weighted by Gasteiger charge is -2.21. The van der Waals surface area contributed by atoms with Crippen LogP contribution < -0.4 is 5.32 Å².